The van der Waals surface area contributed by atoms with E-state index in [1.807, 2.05) is 24.9 Å². The summed E-state index contributed by atoms with van der Waals surface area (Å²) in [4.78, 5) is 43.8. The number of fused-ring (bicyclic) bond motifs is 6. The van der Waals surface area contributed by atoms with Gasteiger partial charge in [0, 0.05) is 36.9 Å². The number of likely N-dealkylation sites (tertiary alicyclic amines) is 2. The molecule has 0 spiro atoms. The van der Waals surface area contributed by atoms with Gasteiger partial charge in [-0.25, -0.2) is 9.78 Å². The van der Waals surface area contributed by atoms with E-state index in [1.165, 1.54) is 12.7 Å². The number of rotatable bonds is 8. The molecule has 3 aromatic carbocycles. The second-order valence-corrected chi connectivity index (χ2v) is 15.4. The van der Waals surface area contributed by atoms with Crippen LogP contribution in [0.2, 0.25) is 0 Å². The zero-order chi connectivity index (χ0) is 36.3. The Morgan fingerprint density at radius 3 is 2.75 bits per heavy atom. The van der Waals surface area contributed by atoms with E-state index < -0.39 is 12.1 Å². The molecule has 0 aliphatic carbocycles. The molecule has 2 fully saturated rings. The molecule has 2 amide bonds. The van der Waals surface area contributed by atoms with Crippen LogP contribution in [-0.2, 0) is 22.6 Å². The number of ether oxygens (including phenoxy) is 2. The summed E-state index contributed by atoms with van der Waals surface area (Å²) in [5.41, 5.74) is 8.53. The third-order valence-corrected chi connectivity index (χ3v) is 11.7. The van der Waals surface area contributed by atoms with Crippen molar-refractivity contribution in [2.75, 3.05) is 27.3 Å². The smallest absolute Gasteiger partial charge is 0.407 e. The van der Waals surface area contributed by atoms with Crippen molar-refractivity contribution >= 4 is 34.2 Å². The number of aromatic nitrogens is 2. The monoisotopic (exact) mass is 704 g/mol. The van der Waals surface area contributed by atoms with Gasteiger partial charge in [-0.05, 0) is 109 Å². The number of nitrogens with zero attached hydrogens (tertiary/aromatic N) is 4. The van der Waals surface area contributed by atoms with Crippen LogP contribution < -0.4 is 10.1 Å². The first-order chi connectivity index (χ1) is 25.1. The molecule has 1 aromatic heterocycles. The van der Waals surface area contributed by atoms with Gasteiger partial charge in [0.2, 0.25) is 5.91 Å². The zero-order valence-corrected chi connectivity index (χ0v) is 30.6. The highest BCUT2D eigenvalue weighted by Crippen LogP contribution is 2.45. The number of imidazole rings is 1. The minimum absolute atomic E-state index is 0.0387. The topological polar surface area (TPSA) is 132 Å². The number of nitrogens with one attached hydrogen (secondary N) is 2. The second kappa shape index (κ2) is 13.7. The Bertz CT molecular complexity index is 2070. The number of hydrogen-bond donors (Lipinski definition) is 3. The lowest BCUT2D eigenvalue weighted by atomic mass is 9.90. The maximum atomic E-state index is 13.9. The largest absolute Gasteiger partial charge is 0.488 e. The number of carbonyl (C=O) groups excluding carboxylic acids is 2. The van der Waals surface area contributed by atoms with Crippen LogP contribution in [0.1, 0.15) is 69.4 Å². The summed E-state index contributed by atoms with van der Waals surface area (Å²) >= 11 is 0. The van der Waals surface area contributed by atoms with Gasteiger partial charge in [0.1, 0.15) is 24.2 Å². The molecule has 272 valence electrons. The first-order valence-electron chi connectivity index (χ1n) is 18.6. The van der Waals surface area contributed by atoms with E-state index in [4.69, 9.17) is 19.5 Å². The molecule has 0 bridgehead atoms. The van der Waals surface area contributed by atoms with E-state index in [9.17, 15) is 14.7 Å². The standard InChI is InChI=1S/C41H48N6O5/c1-22(2)38(45-41(50)51-5)40(49)47-23(3)6-11-35(47)33-17-30-29-18-37-31(16-25(29)8-10-32(30)43-33)28-9-7-26(15-27(28)21-52-37)34-19-42-39(44-34)36-14-24(12-13-48)20-46(36)4/h7-10,15-16,18-19,22-24,35-36,38,48H,6,11-14,17,20-21H2,1-5H3,(H,42,44)(H,45,50)/t23-,24-,35-,36-,38-/m0/s1. The van der Waals surface area contributed by atoms with Gasteiger partial charge in [-0.15, -0.1) is 0 Å². The van der Waals surface area contributed by atoms with Gasteiger partial charge in [-0.3, -0.25) is 14.7 Å². The minimum atomic E-state index is -0.676. The predicted octanol–water partition coefficient (Wildman–Crippen LogP) is 6.55. The fourth-order valence-electron chi connectivity index (χ4n) is 8.90. The lowest BCUT2D eigenvalue weighted by Crippen LogP contribution is -2.55. The fraction of sp³-hybridized carbons (Fsp3) is 0.463. The molecule has 0 saturated carbocycles. The second-order valence-electron chi connectivity index (χ2n) is 15.4. The van der Waals surface area contributed by atoms with Crippen molar-refractivity contribution < 1.29 is 24.2 Å². The molecular formula is C41H48N6O5. The number of aliphatic hydroxyl groups excluding tert-OH is 1. The van der Waals surface area contributed by atoms with Crippen molar-refractivity contribution in [2.45, 2.75) is 83.6 Å². The van der Waals surface area contributed by atoms with Gasteiger partial charge in [-0.2, -0.15) is 0 Å². The average Bonchev–Trinajstić information content (AvgIpc) is 3.95. The van der Waals surface area contributed by atoms with E-state index in [1.54, 1.807) is 0 Å². The Kier molecular flexibility index (Phi) is 9.03. The van der Waals surface area contributed by atoms with Crippen molar-refractivity contribution in [3.05, 3.63) is 65.6 Å². The molecule has 4 aliphatic rings. The number of aromatic amines is 1. The van der Waals surface area contributed by atoms with Crippen LogP contribution in [0.25, 0.3) is 33.2 Å². The number of carbonyl (C=O) groups is 2. The van der Waals surface area contributed by atoms with E-state index in [0.29, 0.717) is 18.9 Å². The van der Waals surface area contributed by atoms with Crippen LogP contribution >= 0.6 is 0 Å². The number of hydrogen-bond acceptors (Lipinski definition) is 8. The quantitative estimate of drug-likeness (QED) is 0.190. The van der Waals surface area contributed by atoms with Crippen molar-refractivity contribution in [1.82, 2.24) is 25.1 Å². The van der Waals surface area contributed by atoms with Crippen LogP contribution in [0.5, 0.6) is 5.75 Å². The maximum absolute atomic E-state index is 13.9. The van der Waals surface area contributed by atoms with Gasteiger partial charge in [0.25, 0.3) is 0 Å². The molecule has 0 unspecified atom stereocenters. The molecular weight excluding hydrogens is 656 g/mol. The number of amides is 2. The summed E-state index contributed by atoms with van der Waals surface area (Å²) in [7, 11) is 3.44. The van der Waals surface area contributed by atoms with Gasteiger partial charge in [0.15, 0.2) is 0 Å². The van der Waals surface area contributed by atoms with Crippen molar-refractivity contribution in [2.24, 2.45) is 16.8 Å². The molecule has 8 rings (SSSR count). The van der Waals surface area contributed by atoms with Gasteiger partial charge in [0.05, 0.1) is 36.8 Å². The first-order valence-corrected chi connectivity index (χ1v) is 18.6. The number of benzene rings is 3. The minimum Gasteiger partial charge on any atom is -0.488 e. The van der Waals surface area contributed by atoms with Crippen LogP contribution in [0.4, 0.5) is 10.5 Å². The number of aliphatic imine (C=N–C) groups is 1. The maximum Gasteiger partial charge on any atom is 0.407 e. The number of methoxy groups -OCH3 is 1. The molecule has 5 heterocycles. The van der Waals surface area contributed by atoms with E-state index in [-0.39, 0.29) is 36.6 Å². The lowest BCUT2D eigenvalue weighted by molar-refractivity contribution is -0.135. The predicted molar refractivity (Wildman–Crippen MR) is 201 cm³/mol. The average molecular weight is 705 g/mol. The van der Waals surface area contributed by atoms with Gasteiger partial charge >= 0.3 is 6.09 Å². The fourth-order valence-corrected chi connectivity index (χ4v) is 8.90. The lowest BCUT2D eigenvalue weighted by Gasteiger charge is -2.33. The molecule has 11 heteroatoms. The van der Waals surface area contributed by atoms with Gasteiger partial charge in [-0.1, -0.05) is 32.0 Å². The summed E-state index contributed by atoms with van der Waals surface area (Å²) < 4.78 is 11.3. The molecule has 0 radical (unpaired) electrons. The Morgan fingerprint density at radius 2 is 1.96 bits per heavy atom. The van der Waals surface area contributed by atoms with Crippen LogP contribution in [-0.4, -0.2) is 88.0 Å². The molecule has 2 saturated heterocycles. The SMILES string of the molecule is COC(=O)N[C@H](C(=O)N1[C@@H](C)CC[C@H]1C1=Nc2ccc3cc4c(cc3c2C1)OCc1cc(-c2cnc([C@@H]3C[C@H](CCO)CN3C)[nH]2)ccc1-4)C(C)C. The highest BCUT2D eigenvalue weighted by molar-refractivity contribution is 6.06. The van der Waals surface area contributed by atoms with Crippen molar-refractivity contribution in [3.8, 4) is 28.1 Å². The molecule has 5 atom stereocenters. The van der Waals surface area contributed by atoms with E-state index in [2.05, 4.69) is 71.6 Å². The Hall–Kier alpha value is -4.74. The van der Waals surface area contributed by atoms with Crippen LogP contribution in [0, 0.1) is 11.8 Å². The highest BCUT2D eigenvalue weighted by atomic mass is 16.5. The summed E-state index contributed by atoms with van der Waals surface area (Å²) in [6.45, 7) is 7.61. The number of aliphatic hydroxyl groups is 1. The Morgan fingerprint density at radius 1 is 1.12 bits per heavy atom. The Balaban J connectivity index is 1.03. The molecule has 52 heavy (non-hydrogen) atoms. The van der Waals surface area contributed by atoms with Crippen LogP contribution in [0.15, 0.2) is 53.7 Å². The molecule has 11 nitrogen and oxygen atoms in total. The first kappa shape index (κ1) is 34.4. The van der Waals surface area contributed by atoms with Crippen molar-refractivity contribution in [3.63, 3.8) is 0 Å². The molecule has 3 N–H and O–H groups in total. The highest BCUT2D eigenvalue weighted by Gasteiger charge is 2.42. The van der Waals surface area contributed by atoms with E-state index >= 15 is 0 Å². The summed E-state index contributed by atoms with van der Waals surface area (Å²) in [5.74, 6) is 2.13. The zero-order valence-electron chi connectivity index (χ0n) is 30.6. The Labute approximate surface area is 304 Å². The normalized spacial score (nSPS) is 22.9. The summed E-state index contributed by atoms with van der Waals surface area (Å²) in [5, 5.41) is 14.4. The van der Waals surface area contributed by atoms with E-state index in [0.717, 1.165) is 93.9 Å². The van der Waals surface area contributed by atoms with Gasteiger partial charge < -0.3 is 29.8 Å². The molecule has 4 aliphatic heterocycles. The van der Waals surface area contributed by atoms with Crippen LogP contribution in [0.3, 0.4) is 0 Å². The third-order valence-electron chi connectivity index (χ3n) is 11.7. The summed E-state index contributed by atoms with van der Waals surface area (Å²) in [6, 6.07) is 14.6. The number of alkyl carbamates (subject to hydrolysis) is 1. The number of H-pyrrole nitrogens is 1. The molecule has 4 aromatic rings. The summed E-state index contributed by atoms with van der Waals surface area (Å²) in [6.07, 6.45) is 5.52. The third kappa shape index (κ3) is 6.03. The van der Waals surface area contributed by atoms with Crippen molar-refractivity contribution in [1.29, 1.82) is 0 Å².